The predicted molar refractivity (Wildman–Crippen MR) is 81.7 cm³/mol. The van der Waals surface area contributed by atoms with Crippen LogP contribution in [0.25, 0.3) is 6.08 Å². The summed E-state index contributed by atoms with van der Waals surface area (Å²) in [6.45, 7) is 1.32. The maximum absolute atomic E-state index is 13.1. The Labute approximate surface area is 136 Å². The van der Waals surface area contributed by atoms with E-state index in [-0.39, 0.29) is 5.56 Å². The predicted octanol–water partition coefficient (Wildman–Crippen LogP) is 3.93. The van der Waals surface area contributed by atoms with Gasteiger partial charge < -0.3 is 4.74 Å². The molecule has 2 aromatic carbocycles. The van der Waals surface area contributed by atoms with Crippen molar-refractivity contribution in [2.24, 2.45) is 0 Å². The second kappa shape index (κ2) is 7.59. The third-order valence-electron chi connectivity index (χ3n) is 3.13. The van der Waals surface area contributed by atoms with Gasteiger partial charge in [-0.3, -0.25) is 4.79 Å². The average Bonchev–Trinajstić information content (AvgIpc) is 2.55. The molecular formula is C18H13F3O3. The Kier molecular flexibility index (Phi) is 5.52. The van der Waals surface area contributed by atoms with Crippen LogP contribution in [0.1, 0.15) is 22.8 Å². The number of esters is 1. The van der Waals surface area contributed by atoms with Crippen molar-refractivity contribution in [1.82, 2.24) is 0 Å². The van der Waals surface area contributed by atoms with Gasteiger partial charge in [-0.05, 0) is 48.9 Å². The highest BCUT2D eigenvalue weighted by molar-refractivity contribution is 6.01. The highest BCUT2D eigenvalue weighted by atomic mass is 19.2. The molecule has 2 rings (SSSR count). The van der Waals surface area contributed by atoms with E-state index in [1.54, 1.807) is 6.07 Å². The van der Waals surface area contributed by atoms with Crippen LogP contribution in [0.3, 0.4) is 0 Å². The molecule has 0 saturated carbocycles. The number of hydrogen-bond acceptors (Lipinski definition) is 3. The Balaban J connectivity index is 2.00. The van der Waals surface area contributed by atoms with Gasteiger partial charge in [-0.15, -0.1) is 0 Å². The molecule has 0 aliphatic heterocycles. The second-order valence-electron chi connectivity index (χ2n) is 4.96. The number of rotatable bonds is 5. The van der Waals surface area contributed by atoms with Gasteiger partial charge in [0.25, 0.3) is 0 Å². The molecule has 0 heterocycles. The van der Waals surface area contributed by atoms with Crippen molar-refractivity contribution in [1.29, 1.82) is 0 Å². The Hall–Kier alpha value is -2.89. The van der Waals surface area contributed by atoms with Crippen LogP contribution >= 0.6 is 0 Å². The number of benzene rings is 2. The van der Waals surface area contributed by atoms with Crippen molar-refractivity contribution in [3.8, 4) is 0 Å². The van der Waals surface area contributed by atoms with Crippen molar-refractivity contribution >= 4 is 17.8 Å². The summed E-state index contributed by atoms with van der Waals surface area (Å²) in [5.74, 6) is -4.17. The molecule has 3 nitrogen and oxygen atoms in total. The molecule has 0 saturated heterocycles. The van der Waals surface area contributed by atoms with Crippen LogP contribution in [0.15, 0.2) is 48.5 Å². The lowest BCUT2D eigenvalue weighted by Crippen LogP contribution is -2.23. The Morgan fingerprint density at radius 2 is 1.79 bits per heavy atom. The van der Waals surface area contributed by atoms with Crippen LogP contribution in [-0.4, -0.2) is 17.9 Å². The van der Waals surface area contributed by atoms with E-state index in [0.29, 0.717) is 5.56 Å². The van der Waals surface area contributed by atoms with E-state index in [1.165, 1.54) is 31.2 Å². The zero-order valence-corrected chi connectivity index (χ0v) is 12.6. The lowest BCUT2D eigenvalue weighted by molar-refractivity contribution is -0.140. The van der Waals surface area contributed by atoms with Gasteiger partial charge in [0.1, 0.15) is 5.82 Å². The molecule has 2 aromatic rings. The van der Waals surface area contributed by atoms with Crippen molar-refractivity contribution in [2.75, 3.05) is 0 Å². The lowest BCUT2D eigenvalue weighted by atomic mass is 10.1. The number of ether oxygens (including phenoxy) is 1. The summed E-state index contributed by atoms with van der Waals surface area (Å²) in [4.78, 5) is 23.7. The molecule has 0 radical (unpaired) electrons. The first kappa shape index (κ1) is 17.5. The largest absolute Gasteiger partial charge is 0.451 e. The number of carbonyl (C=O) groups is 2. The fourth-order valence-corrected chi connectivity index (χ4v) is 1.93. The molecule has 24 heavy (non-hydrogen) atoms. The first-order valence-electron chi connectivity index (χ1n) is 7.00. The second-order valence-corrected chi connectivity index (χ2v) is 4.96. The zero-order valence-electron chi connectivity index (χ0n) is 12.6. The van der Waals surface area contributed by atoms with E-state index in [0.717, 1.165) is 24.3 Å². The molecule has 124 valence electrons. The lowest BCUT2D eigenvalue weighted by Gasteiger charge is -2.11. The van der Waals surface area contributed by atoms with E-state index in [9.17, 15) is 22.8 Å². The summed E-state index contributed by atoms with van der Waals surface area (Å²) >= 11 is 0. The third kappa shape index (κ3) is 4.55. The fourth-order valence-electron chi connectivity index (χ4n) is 1.93. The van der Waals surface area contributed by atoms with Gasteiger partial charge in [-0.25, -0.2) is 18.0 Å². The SMILES string of the molecule is C[C@H](OC(=O)/C=C/c1cccc(F)c1)C(=O)c1ccc(F)c(F)c1. The standard InChI is InChI=1S/C18H13F3O3/c1-11(18(23)13-6-7-15(20)16(21)10-13)24-17(22)8-5-12-3-2-4-14(19)9-12/h2-11H,1H3/b8-5+/t11-/m0/s1. The van der Waals surface area contributed by atoms with Gasteiger partial charge in [0.2, 0.25) is 5.78 Å². The monoisotopic (exact) mass is 334 g/mol. The van der Waals surface area contributed by atoms with E-state index in [2.05, 4.69) is 0 Å². The van der Waals surface area contributed by atoms with Crippen LogP contribution in [0.2, 0.25) is 0 Å². The molecule has 1 atom stereocenters. The van der Waals surface area contributed by atoms with Crippen molar-refractivity contribution < 1.29 is 27.5 Å². The van der Waals surface area contributed by atoms with E-state index >= 15 is 0 Å². The zero-order chi connectivity index (χ0) is 17.7. The topological polar surface area (TPSA) is 43.4 Å². The molecule has 6 heteroatoms. The van der Waals surface area contributed by atoms with Gasteiger partial charge in [-0.2, -0.15) is 0 Å². The summed E-state index contributed by atoms with van der Waals surface area (Å²) in [6.07, 6.45) is 1.20. The van der Waals surface area contributed by atoms with E-state index < -0.39 is 35.3 Å². The maximum atomic E-state index is 13.1. The molecule has 0 N–H and O–H groups in total. The first-order valence-corrected chi connectivity index (χ1v) is 7.00. The Morgan fingerprint density at radius 1 is 1.04 bits per heavy atom. The number of hydrogen-bond donors (Lipinski definition) is 0. The summed E-state index contributed by atoms with van der Waals surface area (Å²) in [6, 6.07) is 8.22. The van der Waals surface area contributed by atoms with Crippen molar-refractivity contribution in [3.63, 3.8) is 0 Å². The number of carbonyl (C=O) groups excluding carboxylic acids is 2. The van der Waals surface area contributed by atoms with Crippen molar-refractivity contribution in [3.05, 3.63) is 77.1 Å². The molecule has 0 aromatic heterocycles. The highest BCUT2D eigenvalue weighted by Crippen LogP contribution is 2.12. The minimum Gasteiger partial charge on any atom is -0.451 e. The number of ketones is 1. The molecule has 0 aliphatic carbocycles. The van der Waals surface area contributed by atoms with Gasteiger partial charge >= 0.3 is 5.97 Å². The Bertz CT molecular complexity index is 800. The molecule has 0 fully saturated rings. The highest BCUT2D eigenvalue weighted by Gasteiger charge is 2.19. The average molecular weight is 334 g/mol. The van der Waals surface area contributed by atoms with Gasteiger partial charge in [0.15, 0.2) is 17.7 Å². The summed E-state index contributed by atoms with van der Waals surface area (Å²) < 4.78 is 43.9. The van der Waals surface area contributed by atoms with Crippen LogP contribution in [-0.2, 0) is 9.53 Å². The quantitative estimate of drug-likeness (QED) is 0.473. The molecule has 0 aliphatic rings. The normalized spacial score (nSPS) is 12.2. The van der Waals surface area contributed by atoms with E-state index in [4.69, 9.17) is 4.74 Å². The van der Waals surface area contributed by atoms with Crippen LogP contribution in [0.4, 0.5) is 13.2 Å². The van der Waals surface area contributed by atoms with Gasteiger partial charge in [0, 0.05) is 11.6 Å². The van der Waals surface area contributed by atoms with Crippen LogP contribution in [0.5, 0.6) is 0 Å². The van der Waals surface area contributed by atoms with Crippen LogP contribution < -0.4 is 0 Å². The molecule has 0 bridgehead atoms. The first-order chi connectivity index (χ1) is 11.4. The molecular weight excluding hydrogens is 321 g/mol. The molecule has 0 amide bonds. The fraction of sp³-hybridized carbons (Fsp3) is 0.111. The minimum atomic E-state index is -1.18. The minimum absolute atomic E-state index is 0.108. The smallest absolute Gasteiger partial charge is 0.331 e. The summed E-state index contributed by atoms with van der Waals surface area (Å²) in [5.41, 5.74) is 0.342. The maximum Gasteiger partial charge on any atom is 0.331 e. The molecule has 0 unspecified atom stereocenters. The van der Waals surface area contributed by atoms with Crippen molar-refractivity contribution in [2.45, 2.75) is 13.0 Å². The number of halogens is 3. The van der Waals surface area contributed by atoms with Crippen LogP contribution in [0, 0.1) is 17.5 Å². The summed E-state index contributed by atoms with van der Waals surface area (Å²) in [5, 5.41) is 0. The van der Waals surface area contributed by atoms with E-state index in [1.807, 2.05) is 0 Å². The number of Topliss-reactive ketones (excluding diaryl/α,β-unsaturated/α-hetero) is 1. The third-order valence-corrected chi connectivity index (χ3v) is 3.13. The van der Waals surface area contributed by atoms with Gasteiger partial charge in [0.05, 0.1) is 0 Å². The Morgan fingerprint density at radius 3 is 2.46 bits per heavy atom. The molecule has 0 spiro atoms. The van der Waals surface area contributed by atoms with Gasteiger partial charge in [-0.1, -0.05) is 12.1 Å². The summed E-state index contributed by atoms with van der Waals surface area (Å²) in [7, 11) is 0.